The van der Waals surface area contributed by atoms with Gasteiger partial charge in [0, 0.05) is 37.3 Å². The highest BCUT2D eigenvalue weighted by atomic mass is 32.2. The standard InChI is InChI=1S/C20H20F3N5OS/c1-5-28-15-9-16(30-6-2)12(8-14(15)26(3)19(28)29)17-25-13-7-11(20(21,22)23)10-24-18(13)27(17)4/h7-10H,5-6H2,1-4H3. The highest BCUT2D eigenvalue weighted by Crippen LogP contribution is 2.36. The van der Waals surface area contributed by atoms with Gasteiger partial charge in [-0.1, -0.05) is 6.92 Å². The van der Waals surface area contributed by atoms with Gasteiger partial charge in [-0.2, -0.15) is 13.2 Å². The van der Waals surface area contributed by atoms with Crippen molar-refractivity contribution in [2.24, 2.45) is 14.1 Å². The van der Waals surface area contributed by atoms with E-state index in [-0.39, 0.29) is 11.2 Å². The molecule has 30 heavy (non-hydrogen) atoms. The summed E-state index contributed by atoms with van der Waals surface area (Å²) >= 11 is 1.59. The molecule has 0 N–H and O–H groups in total. The van der Waals surface area contributed by atoms with Gasteiger partial charge in [0.05, 0.1) is 16.6 Å². The van der Waals surface area contributed by atoms with Gasteiger partial charge in [-0.25, -0.2) is 14.8 Å². The molecule has 0 unspecified atom stereocenters. The maximum atomic E-state index is 13.1. The molecule has 0 aliphatic heterocycles. The highest BCUT2D eigenvalue weighted by Gasteiger charge is 2.32. The number of rotatable bonds is 4. The molecule has 158 valence electrons. The van der Waals surface area contributed by atoms with Crippen molar-refractivity contribution in [3.05, 3.63) is 40.4 Å². The fourth-order valence-corrected chi connectivity index (χ4v) is 4.47. The fraction of sp³-hybridized carbons (Fsp3) is 0.350. The largest absolute Gasteiger partial charge is 0.417 e. The van der Waals surface area contributed by atoms with Crippen molar-refractivity contribution in [2.75, 3.05) is 5.75 Å². The van der Waals surface area contributed by atoms with Crippen LogP contribution in [0.15, 0.2) is 34.1 Å². The molecule has 3 aromatic heterocycles. The third-order valence-electron chi connectivity index (χ3n) is 5.14. The number of alkyl halides is 3. The van der Waals surface area contributed by atoms with Crippen molar-refractivity contribution in [1.82, 2.24) is 23.7 Å². The topological polar surface area (TPSA) is 57.6 Å². The van der Waals surface area contributed by atoms with Crippen LogP contribution in [0.25, 0.3) is 33.6 Å². The molecule has 0 radical (unpaired) electrons. The van der Waals surface area contributed by atoms with Crippen molar-refractivity contribution in [3.63, 3.8) is 0 Å². The Labute approximate surface area is 174 Å². The van der Waals surface area contributed by atoms with Crippen molar-refractivity contribution in [3.8, 4) is 11.4 Å². The van der Waals surface area contributed by atoms with Crippen LogP contribution in [-0.4, -0.2) is 29.4 Å². The molecule has 0 atom stereocenters. The van der Waals surface area contributed by atoms with Crippen LogP contribution in [0.4, 0.5) is 13.2 Å². The number of benzene rings is 1. The number of hydrogen-bond acceptors (Lipinski definition) is 4. The molecule has 0 aliphatic carbocycles. The van der Waals surface area contributed by atoms with Gasteiger partial charge in [-0.3, -0.25) is 9.13 Å². The summed E-state index contributed by atoms with van der Waals surface area (Å²) in [7, 11) is 3.44. The molecular weight excluding hydrogens is 415 g/mol. The molecule has 0 saturated heterocycles. The molecule has 0 spiro atoms. The molecule has 0 fully saturated rings. The van der Waals surface area contributed by atoms with Gasteiger partial charge in [0.15, 0.2) is 5.65 Å². The number of aromatic nitrogens is 5. The summed E-state index contributed by atoms with van der Waals surface area (Å²) in [6.07, 6.45) is -3.66. The zero-order chi connectivity index (χ0) is 21.8. The van der Waals surface area contributed by atoms with Crippen LogP contribution < -0.4 is 5.69 Å². The average Bonchev–Trinajstić information content (AvgIpc) is 3.14. The molecule has 0 aliphatic rings. The third-order valence-corrected chi connectivity index (χ3v) is 6.08. The number of aryl methyl sites for hydroxylation is 3. The normalized spacial score (nSPS) is 12.4. The Morgan fingerprint density at radius 2 is 1.80 bits per heavy atom. The van der Waals surface area contributed by atoms with Gasteiger partial charge in [-0.05, 0) is 30.9 Å². The monoisotopic (exact) mass is 435 g/mol. The Kier molecular flexibility index (Phi) is 4.92. The van der Waals surface area contributed by atoms with E-state index in [0.717, 1.165) is 39.5 Å². The molecule has 1 aromatic carbocycles. The number of imidazole rings is 2. The second-order valence-electron chi connectivity index (χ2n) is 6.91. The van der Waals surface area contributed by atoms with E-state index in [2.05, 4.69) is 9.97 Å². The van der Waals surface area contributed by atoms with Crippen LogP contribution in [0.5, 0.6) is 0 Å². The lowest BCUT2D eigenvalue weighted by Gasteiger charge is -2.10. The molecule has 3 heterocycles. The minimum absolute atomic E-state index is 0.112. The summed E-state index contributed by atoms with van der Waals surface area (Å²) in [6, 6.07) is 4.85. The van der Waals surface area contributed by atoms with E-state index in [1.165, 1.54) is 0 Å². The van der Waals surface area contributed by atoms with Gasteiger partial charge in [0.1, 0.15) is 11.3 Å². The first-order valence-corrected chi connectivity index (χ1v) is 10.4. The number of thioether (sulfide) groups is 1. The number of fused-ring (bicyclic) bond motifs is 2. The zero-order valence-corrected chi connectivity index (χ0v) is 17.7. The van der Waals surface area contributed by atoms with Gasteiger partial charge in [0.2, 0.25) is 0 Å². The van der Waals surface area contributed by atoms with E-state index in [4.69, 9.17) is 0 Å². The Morgan fingerprint density at radius 1 is 1.07 bits per heavy atom. The summed E-state index contributed by atoms with van der Waals surface area (Å²) in [6.45, 7) is 4.47. The molecule has 4 rings (SSSR count). The van der Waals surface area contributed by atoms with Gasteiger partial charge < -0.3 is 4.57 Å². The molecule has 4 aromatic rings. The first kappa shape index (κ1) is 20.5. The second-order valence-corrected chi connectivity index (χ2v) is 8.22. The van der Waals surface area contributed by atoms with E-state index >= 15 is 0 Å². The van der Waals surface area contributed by atoms with E-state index in [0.29, 0.717) is 18.0 Å². The Hall–Kier alpha value is -2.75. The number of nitrogens with zero attached hydrogens (tertiary/aromatic N) is 5. The lowest BCUT2D eigenvalue weighted by atomic mass is 10.2. The van der Waals surface area contributed by atoms with Crippen molar-refractivity contribution >= 4 is 34.0 Å². The van der Waals surface area contributed by atoms with Gasteiger partial charge in [0.25, 0.3) is 0 Å². The minimum Gasteiger partial charge on any atom is -0.312 e. The molecule has 0 saturated carbocycles. The maximum absolute atomic E-state index is 13.1. The lowest BCUT2D eigenvalue weighted by molar-refractivity contribution is -0.137. The SMILES string of the molecule is CCSc1cc2c(cc1-c1nc3cc(C(F)(F)F)cnc3n1C)n(C)c(=O)n2CC. The molecule has 6 nitrogen and oxygen atoms in total. The van der Waals surface area contributed by atoms with Gasteiger partial charge >= 0.3 is 11.9 Å². The Morgan fingerprint density at radius 3 is 2.43 bits per heavy atom. The van der Waals surface area contributed by atoms with Crippen LogP contribution in [0.1, 0.15) is 19.4 Å². The average molecular weight is 435 g/mol. The molecule has 10 heteroatoms. The summed E-state index contributed by atoms with van der Waals surface area (Å²) in [5.41, 5.74) is 1.92. The molecular formula is C20H20F3N5OS. The summed E-state index contributed by atoms with van der Waals surface area (Å²) in [5.74, 6) is 1.30. The first-order chi connectivity index (χ1) is 14.2. The Balaban J connectivity index is 2.01. The fourth-order valence-electron chi connectivity index (χ4n) is 3.66. The van der Waals surface area contributed by atoms with Crippen LogP contribution in [0.2, 0.25) is 0 Å². The number of pyridine rings is 1. The summed E-state index contributed by atoms with van der Waals surface area (Å²) in [4.78, 5) is 21.9. The van der Waals surface area contributed by atoms with Crippen LogP contribution in [-0.2, 0) is 26.8 Å². The predicted octanol–water partition coefficient (Wildman–Crippen LogP) is 4.44. The van der Waals surface area contributed by atoms with Crippen molar-refractivity contribution in [2.45, 2.75) is 31.5 Å². The van der Waals surface area contributed by atoms with E-state index in [1.807, 2.05) is 26.0 Å². The lowest BCUT2D eigenvalue weighted by Crippen LogP contribution is -2.21. The predicted molar refractivity (Wildman–Crippen MR) is 112 cm³/mol. The van der Waals surface area contributed by atoms with E-state index < -0.39 is 11.7 Å². The zero-order valence-electron chi connectivity index (χ0n) is 16.9. The third kappa shape index (κ3) is 3.10. The van der Waals surface area contributed by atoms with Gasteiger partial charge in [-0.15, -0.1) is 11.8 Å². The smallest absolute Gasteiger partial charge is 0.312 e. The molecule has 0 bridgehead atoms. The van der Waals surface area contributed by atoms with E-state index in [9.17, 15) is 18.0 Å². The quantitative estimate of drug-likeness (QED) is 0.445. The number of halogens is 3. The van der Waals surface area contributed by atoms with Crippen LogP contribution in [0, 0.1) is 0 Å². The summed E-state index contributed by atoms with van der Waals surface area (Å²) < 4.78 is 44.2. The van der Waals surface area contributed by atoms with Crippen LogP contribution >= 0.6 is 11.8 Å². The highest BCUT2D eigenvalue weighted by molar-refractivity contribution is 7.99. The Bertz CT molecular complexity index is 1330. The second kappa shape index (κ2) is 7.19. The van der Waals surface area contributed by atoms with Crippen LogP contribution in [0.3, 0.4) is 0 Å². The first-order valence-electron chi connectivity index (χ1n) is 9.43. The van der Waals surface area contributed by atoms with Crippen molar-refractivity contribution in [1.29, 1.82) is 0 Å². The summed E-state index contributed by atoms with van der Waals surface area (Å²) in [5, 5.41) is 0. The van der Waals surface area contributed by atoms with E-state index in [1.54, 1.807) is 39.6 Å². The minimum atomic E-state index is -4.48. The maximum Gasteiger partial charge on any atom is 0.417 e. The molecule has 0 amide bonds. The number of hydrogen-bond donors (Lipinski definition) is 0. The van der Waals surface area contributed by atoms with Crippen molar-refractivity contribution < 1.29 is 13.2 Å².